The van der Waals surface area contributed by atoms with Crippen molar-refractivity contribution in [2.24, 2.45) is 0 Å². The predicted octanol–water partition coefficient (Wildman–Crippen LogP) is 5.11. The van der Waals surface area contributed by atoms with Gasteiger partial charge in [-0.1, -0.05) is 60.6 Å². The summed E-state index contributed by atoms with van der Waals surface area (Å²) < 4.78 is 7.72. The molecule has 1 heterocycles. The van der Waals surface area contributed by atoms with E-state index in [1.165, 1.54) is 37.4 Å². The van der Waals surface area contributed by atoms with Gasteiger partial charge in [0.05, 0.1) is 10.8 Å². The topological polar surface area (TPSA) is 69.0 Å². The zero-order valence-corrected chi connectivity index (χ0v) is 18.8. The molecule has 0 aliphatic heterocycles. The second-order valence-electron chi connectivity index (χ2n) is 7.05. The maximum atomic E-state index is 12.3. The molecule has 9 heteroatoms. The molecule has 3 rings (SSSR count). The van der Waals surface area contributed by atoms with E-state index < -0.39 is 0 Å². The summed E-state index contributed by atoms with van der Waals surface area (Å²) in [5, 5.41) is 13.4. The van der Waals surface area contributed by atoms with Crippen LogP contribution in [0.5, 0.6) is 5.75 Å². The van der Waals surface area contributed by atoms with Crippen molar-refractivity contribution < 1.29 is 9.53 Å². The summed E-state index contributed by atoms with van der Waals surface area (Å²) in [5.41, 5.74) is 0. The molecule has 29 heavy (non-hydrogen) atoms. The second-order valence-corrected chi connectivity index (χ2v) is 8.84. The van der Waals surface area contributed by atoms with Crippen LogP contribution in [0, 0.1) is 0 Å². The lowest BCUT2D eigenvalue weighted by molar-refractivity contribution is -0.119. The van der Waals surface area contributed by atoms with Crippen LogP contribution >= 0.6 is 35.0 Å². The molecule has 1 aliphatic rings. The smallest absolute Gasteiger partial charge is 0.230 e. The lowest BCUT2D eigenvalue weighted by Crippen LogP contribution is -2.35. The number of halogens is 2. The van der Waals surface area contributed by atoms with Gasteiger partial charge in [-0.15, -0.1) is 10.2 Å². The summed E-state index contributed by atoms with van der Waals surface area (Å²) in [6, 6.07) is 5.38. The van der Waals surface area contributed by atoms with E-state index in [4.69, 9.17) is 27.9 Å². The molecule has 1 fully saturated rings. The number of ether oxygens (including phenoxy) is 1. The fourth-order valence-electron chi connectivity index (χ4n) is 3.40. The van der Waals surface area contributed by atoms with Crippen LogP contribution in [0.4, 0.5) is 0 Å². The third kappa shape index (κ3) is 6.52. The van der Waals surface area contributed by atoms with Gasteiger partial charge in [-0.25, -0.2) is 0 Å². The van der Waals surface area contributed by atoms with Gasteiger partial charge >= 0.3 is 0 Å². The normalized spacial score (nSPS) is 15.1. The minimum absolute atomic E-state index is 0.0519. The third-order valence-electron chi connectivity index (χ3n) is 4.91. The van der Waals surface area contributed by atoms with Crippen LogP contribution in [0.2, 0.25) is 10.0 Å². The summed E-state index contributed by atoms with van der Waals surface area (Å²) in [6.45, 7) is 2.91. The van der Waals surface area contributed by atoms with E-state index in [2.05, 4.69) is 15.5 Å². The first kappa shape index (κ1) is 22.2. The number of carbonyl (C=O) groups excluding carboxylic acids is 1. The summed E-state index contributed by atoms with van der Waals surface area (Å²) in [5.74, 6) is 1.56. The second kappa shape index (κ2) is 11.1. The molecule has 0 atom stereocenters. The van der Waals surface area contributed by atoms with Gasteiger partial charge in [-0.3, -0.25) is 4.79 Å². The van der Waals surface area contributed by atoms with Crippen molar-refractivity contribution in [2.75, 3.05) is 5.75 Å². The molecular formula is C20H26Cl2N4O2S. The molecule has 1 aromatic carbocycles. The Bertz CT molecular complexity index is 823. The number of hydrogen-bond donors (Lipinski definition) is 1. The van der Waals surface area contributed by atoms with Crippen molar-refractivity contribution >= 4 is 40.9 Å². The van der Waals surface area contributed by atoms with Crippen LogP contribution < -0.4 is 10.1 Å². The van der Waals surface area contributed by atoms with Crippen molar-refractivity contribution in [1.82, 2.24) is 20.1 Å². The zero-order chi connectivity index (χ0) is 20.6. The highest BCUT2D eigenvalue weighted by Gasteiger charge is 2.17. The van der Waals surface area contributed by atoms with Gasteiger partial charge in [0.1, 0.15) is 12.4 Å². The number of amides is 1. The Morgan fingerprint density at radius 2 is 2.00 bits per heavy atom. The molecule has 6 nitrogen and oxygen atoms in total. The van der Waals surface area contributed by atoms with Gasteiger partial charge in [-0.2, -0.15) is 0 Å². The van der Waals surface area contributed by atoms with Gasteiger partial charge in [0.25, 0.3) is 0 Å². The molecule has 1 amide bonds. The molecular weight excluding hydrogens is 431 g/mol. The van der Waals surface area contributed by atoms with Crippen LogP contribution in [-0.4, -0.2) is 32.5 Å². The summed E-state index contributed by atoms with van der Waals surface area (Å²) in [7, 11) is 0. The highest BCUT2D eigenvalue weighted by Crippen LogP contribution is 2.28. The van der Waals surface area contributed by atoms with Crippen molar-refractivity contribution in [2.45, 2.75) is 69.8 Å². The number of hydrogen-bond acceptors (Lipinski definition) is 5. The number of carbonyl (C=O) groups is 1. The standard InChI is InChI=1S/C20H26Cl2N4O2S/c1-2-26-18(12-28-17-11-14(21)9-10-16(17)22)24-25-20(26)29-13-19(27)23-15-7-5-3-4-6-8-15/h9-11,15H,2-8,12-13H2,1H3,(H,23,27). The molecule has 1 saturated carbocycles. The van der Waals surface area contributed by atoms with Crippen molar-refractivity contribution in [3.8, 4) is 5.75 Å². The fraction of sp³-hybridized carbons (Fsp3) is 0.550. The Balaban J connectivity index is 1.54. The molecule has 0 saturated heterocycles. The zero-order valence-electron chi connectivity index (χ0n) is 16.5. The van der Waals surface area contributed by atoms with Gasteiger partial charge in [0, 0.05) is 23.7 Å². The largest absolute Gasteiger partial charge is 0.484 e. The van der Waals surface area contributed by atoms with E-state index in [1.807, 2.05) is 11.5 Å². The first-order valence-corrected chi connectivity index (χ1v) is 11.7. The number of nitrogens with zero attached hydrogens (tertiary/aromatic N) is 3. The van der Waals surface area contributed by atoms with Gasteiger partial charge in [0.2, 0.25) is 5.91 Å². The first-order chi connectivity index (χ1) is 14.1. The van der Waals surface area contributed by atoms with E-state index in [0.29, 0.717) is 45.1 Å². The van der Waals surface area contributed by atoms with Crippen molar-refractivity contribution in [3.63, 3.8) is 0 Å². The molecule has 1 aromatic heterocycles. The fourth-order valence-corrected chi connectivity index (χ4v) is 4.57. The van der Waals surface area contributed by atoms with E-state index in [9.17, 15) is 4.79 Å². The maximum Gasteiger partial charge on any atom is 0.230 e. The van der Waals surface area contributed by atoms with Crippen molar-refractivity contribution in [1.29, 1.82) is 0 Å². The maximum absolute atomic E-state index is 12.3. The number of aromatic nitrogens is 3. The number of thioether (sulfide) groups is 1. The third-order valence-corrected chi connectivity index (χ3v) is 6.43. The molecule has 0 unspecified atom stereocenters. The molecule has 1 N–H and O–H groups in total. The van der Waals surface area contributed by atoms with Crippen LogP contribution in [0.1, 0.15) is 51.3 Å². The first-order valence-electron chi connectivity index (χ1n) is 9.99. The number of rotatable bonds is 8. The van der Waals surface area contributed by atoms with Gasteiger partial charge in [0.15, 0.2) is 11.0 Å². The van der Waals surface area contributed by atoms with Crippen LogP contribution in [0.25, 0.3) is 0 Å². The van der Waals surface area contributed by atoms with E-state index in [1.54, 1.807) is 18.2 Å². The van der Waals surface area contributed by atoms with Gasteiger partial charge in [-0.05, 0) is 31.9 Å². The van der Waals surface area contributed by atoms with Crippen LogP contribution in [0.15, 0.2) is 23.4 Å². The SMILES string of the molecule is CCn1c(COc2cc(Cl)ccc2Cl)nnc1SCC(=O)NC1CCCCCC1. The molecule has 2 aromatic rings. The lowest BCUT2D eigenvalue weighted by Gasteiger charge is -2.16. The molecule has 0 bridgehead atoms. The highest BCUT2D eigenvalue weighted by atomic mass is 35.5. The number of nitrogens with one attached hydrogen (secondary N) is 1. The van der Waals surface area contributed by atoms with E-state index in [0.717, 1.165) is 12.8 Å². The summed E-state index contributed by atoms with van der Waals surface area (Å²) in [6.07, 6.45) is 7.09. The molecule has 158 valence electrons. The van der Waals surface area contributed by atoms with Crippen LogP contribution in [0.3, 0.4) is 0 Å². The lowest BCUT2D eigenvalue weighted by atomic mass is 10.1. The number of benzene rings is 1. The summed E-state index contributed by atoms with van der Waals surface area (Å²) in [4.78, 5) is 12.3. The Morgan fingerprint density at radius 1 is 1.24 bits per heavy atom. The Labute approximate surface area is 185 Å². The average Bonchev–Trinajstić information content (AvgIpc) is 2.92. The van der Waals surface area contributed by atoms with E-state index in [-0.39, 0.29) is 12.5 Å². The molecule has 0 spiro atoms. The van der Waals surface area contributed by atoms with Crippen molar-refractivity contribution in [3.05, 3.63) is 34.1 Å². The predicted molar refractivity (Wildman–Crippen MR) is 117 cm³/mol. The monoisotopic (exact) mass is 456 g/mol. The van der Waals surface area contributed by atoms with Crippen LogP contribution in [-0.2, 0) is 17.9 Å². The Hall–Kier alpha value is -1.44. The minimum atomic E-state index is 0.0519. The van der Waals surface area contributed by atoms with E-state index >= 15 is 0 Å². The molecule has 0 radical (unpaired) electrons. The quantitative estimate of drug-likeness (QED) is 0.441. The molecule has 1 aliphatic carbocycles. The highest BCUT2D eigenvalue weighted by molar-refractivity contribution is 7.99. The summed E-state index contributed by atoms with van der Waals surface area (Å²) >= 11 is 13.5. The minimum Gasteiger partial charge on any atom is -0.484 e. The van der Waals surface area contributed by atoms with Gasteiger partial charge < -0.3 is 14.6 Å². The Morgan fingerprint density at radius 3 is 2.72 bits per heavy atom. The Kier molecular flexibility index (Phi) is 8.51. The average molecular weight is 457 g/mol.